The second-order valence-electron chi connectivity index (χ2n) is 7.50. The van der Waals surface area contributed by atoms with Gasteiger partial charge in [-0.1, -0.05) is 0 Å². The molecule has 0 bridgehead atoms. The molecule has 2 saturated heterocycles. The maximum Gasteiger partial charge on any atom is 0.252 e. The summed E-state index contributed by atoms with van der Waals surface area (Å²) in [6, 6.07) is 9.06. The van der Waals surface area contributed by atoms with Gasteiger partial charge >= 0.3 is 0 Å². The monoisotopic (exact) mass is 427 g/mol. The van der Waals surface area contributed by atoms with Crippen LogP contribution in [-0.2, 0) is 4.79 Å². The lowest BCUT2D eigenvalue weighted by Crippen LogP contribution is -2.46. The van der Waals surface area contributed by atoms with Gasteiger partial charge in [0.25, 0.3) is 5.91 Å². The van der Waals surface area contributed by atoms with Crippen LogP contribution >= 0.6 is 11.8 Å². The molecule has 0 spiro atoms. The highest BCUT2D eigenvalue weighted by molar-refractivity contribution is 7.99. The molecule has 1 N–H and O–H groups in total. The molecule has 30 heavy (non-hydrogen) atoms. The second-order valence-corrected chi connectivity index (χ2v) is 8.50. The summed E-state index contributed by atoms with van der Waals surface area (Å²) in [5.74, 6) is 0.810. The van der Waals surface area contributed by atoms with Crippen molar-refractivity contribution in [2.24, 2.45) is 5.92 Å². The van der Waals surface area contributed by atoms with E-state index in [0.29, 0.717) is 40.4 Å². The Morgan fingerprint density at radius 2 is 2.17 bits per heavy atom. The zero-order chi connectivity index (χ0) is 21.1. The average Bonchev–Trinajstić information content (AvgIpc) is 3.22. The molecule has 156 valence electrons. The maximum atomic E-state index is 12.8. The third kappa shape index (κ3) is 4.05. The molecule has 0 aliphatic carbocycles. The third-order valence-corrected chi connectivity index (χ3v) is 6.57. The SMILES string of the molecule is N#CC1CSCN1C(=O)CNC(=O)c1ccnc2ccc(N3CC(CCF)C3)cc12. The highest BCUT2D eigenvalue weighted by Gasteiger charge is 2.29. The van der Waals surface area contributed by atoms with Crippen molar-refractivity contribution in [2.45, 2.75) is 12.5 Å². The van der Waals surface area contributed by atoms with Gasteiger partial charge in [-0.2, -0.15) is 5.26 Å². The topological polar surface area (TPSA) is 89.3 Å². The van der Waals surface area contributed by atoms with Crippen LogP contribution < -0.4 is 10.2 Å². The van der Waals surface area contributed by atoms with Crippen molar-refractivity contribution >= 4 is 40.2 Å². The van der Waals surface area contributed by atoms with Crippen LogP contribution in [0.15, 0.2) is 30.5 Å². The van der Waals surface area contributed by atoms with E-state index in [4.69, 9.17) is 5.26 Å². The number of nitrogens with one attached hydrogen (secondary N) is 1. The van der Waals surface area contributed by atoms with Gasteiger partial charge in [0.15, 0.2) is 0 Å². The summed E-state index contributed by atoms with van der Waals surface area (Å²) in [6.07, 6.45) is 2.15. The zero-order valence-corrected chi connectivity index (χ0v) is 17.2. The van der Waals surface area contributed by atoms with Crippen LogP contribution in [0.2, 0.25) is 0 Å². The summed E-state index contributed by atoms with van der Waals surface area (Å²) in [5, 5.41) is 12.5. The number of amides is 2. The highest BCUT2D eigenvalue weighted by atomic mass is 32.2. The van der Waals surface area contributed by atoms with Gasteiger partial charge in [-0.25, -0.2) is 0 Å². The predicted octanol–water partition coefficient (Wildman–Crippen LogP) is 2.19. The number of carbonyl (C=O) groups is 2. The maximum absolute atomic E-state index is 12.8. The molecule has 0 saturated carbocycles. The first-order valence-corrected chi connectivity index (χ1v) is 11.0. The van der Waals surface area contributed by atoms with Crippen LogP contribution in [0.25, 0.3) is 10.9 Å². The number of carbonyl (C=O) groups excluding carboxylic acids is 2. The van der Waals surface area contributed by atoms with Crippen molar-refractivity contribution in [2.75, 3.05) is 42.8 Å². The van der Waals surface area contributed by atoms with Crippen LogP contribution in [0.1, 0.15) is 16.8 Å². The Hall–Kier alpha value is -2.86. The van der Waals surface area contributed by atoms with Crippen LogP contribution in [0.4, 0.5) is 10.1 Å². The molecule has 1 aromatic heterocycles. The quantitative estimate of drug-likeness (QED) is 0.760. The summed E-state index contributed by atoms with van der Waals surface area (Å²) in [6.45, 7) is 1.16. The van der Waals surface area contributed by atoms with E-state index in [2.05, 4.69) is 21.3 Å². The van der Waals surface area contributed by atoms with E-state index in [1.165, 1.54) is 16.7 Å². The van der Waals surface area contributed by atoms with Crippen molar-refractivity contribution in [3.63, 3.8) is 0 Å². The number of alkyl halides is 1. The number of fused-ring (bicyclic) bond motifs is 1. The van der Waals surface area contributed by atoms with Crippen LogP contribution in [0.3, 0.4) is 0 Å². The molecule has 2 aliphatic rings. The number of halogens is 1. The van der Waals surface area contributed by atoms with Gasteiger partial charge in [-0.15, -0.1) is 11.8 Å². The summed E-state index contributed by atoms with van der Waals surface area (Å²) in [5.41, 5.74) is 2.11. The minimum Gasteiger partial charge on any atom is -0.371 e. The highest BCUT2D eigenvalue weighted by Crippen LogP contribution is 2.30. The molecule has 3 heterocycles. The molecule has 1 unspecified atom stereocenters. The van der Waals surface area contributed by atoms with Gasteiger partial charge < -0.3 is 15.1 Å². The molecule has 2 amide bonds. The van der Waals surface area contributed by atoms with E-state index in [1.54, 1.807) is 12.3 Å². The Bertz CT molecular complexity index is 1000. The van der Waals surface area contributed by atoms with E-state index in [9.17, 15) is 14.0 Å². The minimum absolute atomic E-state index is 0.155. The summed E-state index contributed by atoms with van der Waals surface area (Å²) in [7, 11) is 0. The zero-order valence-electron chi connectivity index (χ0n) is 16.4. The lowest BCUT2D eigenvalue weighted by Gasteiger charge is -2.41. The molecular weight excluding hydrogens is 405 g/mol. The number of rotatable bonds is 6. The number of benzene rings is 1. The lowest BCUT2D eigenvalue weighted by atomic mass is 9.95. The number of aromatic nitrogens is 1. The van der Waals surface area contributed by atoms with Crippen molar-refractivity contribution in [1.82, 2.24) is 15.2 Å². The summed E-state index contributed by atoms with van der Waals surface area (Å²) in [4.78, 5) is 33.2. The summed E-state index contributed by atoms with van der Waals surface area (Å²) >= 11 is 1.53. The minimum atomic E-state index is -0.443. The molecular formula is C21H22FN5O2S. The van der Waals surface area contributed by atoms with E-state index in [0.717, 1.165) is 18.8 Å². The first-order chi connectivity index (χ1) is 14.6. The van der Waals surface area contributed by atoms with Crippen molar-refractivity contribution in [3.8, 4) is 6.07 Å². The molecule has 4 rings (SSSR count). The number of nitrogens with zero attached hydrogens (tertiary/aromatic N) is 4. The Balaban J connectivity index is 1.46. The van der Waals surface area contributed by atoms with Crippen LogP contribution in [-0.4, -0.2) is 65.7 Å². The number of nitriles is 1. The molecule has 2 aromatic rings. The molecule has 1 atom stereocenters. The smallest absolute Gasteiger partial charge is 0.252 e. The average molecular weight is 428 g/mol. The van der Waals surface area contributed by atoms with Gasteiger partial charge in [0, 0.05) is 36.1 Å². The van der Waals surface area contributed by atoms with E-state index >= 15 is 0 Å². The fraction of sp³-hybridized carbons (Fsp3) is 0.429. The molecule has 2 fully saturated rings. The first-order valence-electron chi connectivity index (χ1n) is 9.85. The third-order valence-electron chi connectivity index (χ3n) is 5.56. The molecule has 7 nitrogen and oxygen atoms in total. The number of pyridine rings is 1. The van der Waals surface area contributed by atoms with E-state index in [-0.39, 0.29) is 25.0 Å². The van der Waals surface area contributed by atoms with Gasteiger partial charge in [0.2, 0.25) is 5.91 Å². The largest absolute Gasteiger partial charge is 0.371 e. The molecule has 1 aromatic carbocycles. The van der Waals surface area contributed by atoms with Gasteiger partial charge in [0.1, 0.15) is 6.04 Å². The van der Waals surface area contributed by atoms with Gasteiger partial charge in [-0.05, 0) is 36.6 Å². The van der Waals surface area contributed by atoms with Gasteiger partial charge in [-0.3, -0.25) is 19.0 Å². The molecule has 0 radical (unpaired) electrons. The Labute approximate surface area is 178 Å². The number of hydrogen-bond donors (Lipinski definition) is 1. The molecule has 2 aliphatic heterocycles. The standard InChI is InChI=1S/C21H22FN5O2S/c22-5-3-14-10-26(11-14)15-1-2-19-18(7-15)17(4-6-24-19)21(29)25-9-20(28)27-13-30-12-16(27)8-23/h1-2,4,6-7,14,16H,3,5,9-13H2,(H,25,29). The first kappa shape index (κ1) is 20.4. The number of anilines is 1. The normalized spacial score (nSPS) is 18.9. The Morgan fingerprint density at radius 1 is 1.33 bits per heavy atom. The van der Waals surface area contributed by atoms with Crippen LogP contribution in [0.5, 0.6) is 0 Å². The second kappa shape index (κ2) is 8.88. The van der Waals surface area contributed by atoms with Crippen LogP contribution in [0, 0.1) is 17.2 Å². The lowest BCUT2D eigenvalue weighted by molar-refractivity contribution is -0.129. The van der Waals surface area contributed by atoms with Crippen molar-refractivity contribution < 1.29 is 14.0 Å². The Morgan fingerprint density at radius 3 is 2.93 bits per heavy atom. The van der Waals surface area contributed by atoms with E-state index < -0.39 is 6.04 Å². The van der Waals surface area contributed by atoms with E-state index in [1.807, 2.05) is 18.2 Å². The fourth-order valence-corrected chi connectivity index (χ4v) is 4.90. The number of hydrogen-bond acceptors (Lipinski definition) is 6. The number of thioether (sulfide) groups is 1. The predicted molar refractivity (Wildman–Crippen MR) is 114 cm³/mol. The summed E-state index contributed by atoms with van der Waals surface area (Å²) < 4.78 is 12.5. The van der Waals surface area contributed by atoms with Crippen molar-refractivity contribution in [1.29, 1.82) is 5.26 Å². The van der Waals surface area contributed by atoms with Crippen molar-refractivity contribution in [3.05, 3.63) is 36.0 Å². The van der Waals surface area contributed by atoms with Gasteiger partial charge in [0.05, 0.1) is 36.2 Å². The Kier molecular flexibility index (Phi) is 6.04. The fourth-order valence-electron chi connectivity index (χ4n) is 3.79. The molecule has 9 heteroatoms.